The van der Waals surface area contributed by atoms with Crippen molar-refractivity contribution in [1.82, 2.24) is 4.90 Å². The Hall–Kier alpha value is -2.18. The van der Waals surface area contributed by atoms with Crippen LogP contribution in [0, 0.1) is 0 Å². The SMILES string of the molecule is CC(C)(C)N(C(=O)O)[C@H]1CC[C@@H](O[Si](c2ccccc2)(c2ccccc2)C(C)(C)C)C[C@H]1F. The van der Waals surface area contributed by atoms with Crippen molar-refractivity contribution in [3.05, 3.63) is 60.7 Å². The zero-order chi connectivity index (χ0) is 24.4. The minimum Gasteiger partial charge on any atom is -0.465 e. The van der Waals surface area contributed by atoms with Gasteiger partial charge in [-0.1, -0.05) is 81.4 Å². The number of benzene rings is 2. The van der Waals surface area contributed by atoms with Gasteiger partial charge in [0.05, 0.1) is 6.04 Å². The molecule has 3 atom stereocenters. The predicted octanol–water partition coefficient (Wildman–Crippen LogP) is 5.60. The summed E-state index contributed by atoms with van der Waals surface area (Å²) in [4.78, 5) is 13.2. The molecule has 0 aliphatic heterocycles. The van der Waals surface area contributed by atoms with Gasteiger partial charge in [-0.3, -0.25) is 4.90 Å². The van der Waals surface area contributed by atoms with Crippen molar-refractivity contribution in [2.75, 3.05) is 0 Å². The number of carboxylic acid groups (broad SMARTS) is 1. The van der Waals surface area contributed by atoms with E-state index in [0.717, 1.165) is 0 Å². The number of nitrogens with zero attached hydrogens (tertiary/aromatic N) is 1. The molecule has 0 saturated heterocycles. The molecule has 0 spiro atoms. The molecule has 1 fully saturated rings. The summed E-state index contributed by atoms with van der Waals surface area (Å²) in [5.74, 6) is 0. The fourth-order valence-corrected chi connectivity index (χ4v) is 10.1. The molecule has 180 valence electrons. The number of halogens is 1. The average Bonchev–Trinajstić information content (AvgIpc) is 2.73. The molecule has 33 heavy (non-hydrogen) atoms. The Morgan fingerprint density at radius 3 is 1.79 bits per heavy atom. The fourth-order valence-electron chi connectivity index (χ4n) is 5.33. The van der Waals surface area contributed by atoms with Crippen molar-refractivity contribution < 1.29 is 18.7 Å². The van der Waals surface area contributed by atoms with Crippen molar-refractivity contribution in [3.8, 4) is 0 Å². The normalized spacial score (nSPS) is 22.1. The first-order chi connectivity index (χ1) is 15.4. The summed E-state index contributed by atoms with van der Waals surface area (Å²) in [5, 5.41) is 11.9. The molecule has 1 saturated carbocycles. The van der Waals surface area contributed by atoms with E-state index in [-0.39, 0.29) is 17.6 Å². The van der Waals surface area contributed by atoms with Crippen LogP contribution in [0.1, 0.15) is 60.8 Å². The van der Waals surface area contributed by atoms with Crippen LogP contribution in [-0.4, -0.2) is 48.3 Å². The van der Waals surface area contributed by atoms with E-state index in [4.69, 9.17) is 4.43 Å². The lowest BCUT2D eigenvalue weighted by molar-refractivity contribution is -0.00867. The van der Waals surface area contributed by atoms with Gasteiger partial charge in [0.25, 0.3) is 8.32 Å². The van der Waals surface area contributed by atoms with E-state index < -0.39 is 32.2 Å². The Morgan fingerprint density at radius 2 is 1.42 bits per heavy atom. The van der Waals surface area contributed by atoms with Crippen molar-refractivity contribution in [2.24, 2.45) is 0 Å². The topological polar surface area (TPSA) is 49.8 Å². The summed E-state index contributed by atoms with van der Waals surface area (Å²) in [5.41, 5.74) is -0.660. The largest absolute Gasteiger partial charge is 0.465 e. The predicted molar refractivity (Wildman–Crippen MR) is 135 cm³/mol. The number of amides is 1. The number of hydrogen-bond donors (Lipinski definition) is 1. The van der Waals surface area contributed by atoms with Gasteiger partial charge in [0.1, 0.15) is 6.17 Å². The second-order valence-electron chi connectivity index (χ2n) is 11.1. The molecule has 1 amide bonds. The molecule has 6 heteroatoms. The van der Waals surface area contributed by atoms with Gasteiger partial charge in [0.2, 0.25) is 0 Å². The number of carbonyl (C=O) groups is 1. The molecule has 3 rings (SSSR count). The first-order valence-electron chi connectivity index (χ1n) is 11.8. The monoisotopic (exact) mass is 471 g/mol. The summed E-state index contributed by atoms with van der Waals surface area (Å²) in [6, 6.07) is 20.1. The van der Waals surface area contributed by atoms with Crippen LogP contribution in [0.15, 0.2) is 60.7 Å². The van der Waals surface area contributed by atoms with Gasteiger partial charge in [0.15, 0.2) is 0 Å². The minimum atomic E-state index is -2.77. The van der Waals surface area contributed by atoms with Crippen LogP contribution >= 0.6 is 0 Å². The van der Waals surface area contributed by atoms with E-state index in [1.54, 1.807) is 0 Å². The van der Waals surface area contributed by atoms with Crippen molar-refractivity contribution in [2.45, 2.75) is 89.7 Å². The smallest absolute Gasteiger partial charge is 0.408 e. The van der Waals surface area contributed by atoms with Gasteiger partial charge in [-0.2, -0.15) is 0 Å². The van der Waals surface area contributed by atoms with Gasteiger partial charge < -0.3 is 9.53 Å². The number of alkyl halides is 1. The second-order valence-corrected chi connectivity index (χ2v) is 15.4. The number of hydrogen-bond acceptors (Lipinski definition) is 2. The Bertz CT molecular complexity index is 884. The van der Waals surface area contributed by atoms with Crippen LogP contribution in [0.2, 0.25) is 5.04 Å². The summed E-state index contributed by atoms with van der Waals surface area (Å²) in [7, 11) is -2.77. The van der Waals surface area contributed by atoms with Crippen LogP contribution in [0.5, 0.6) is 0 Å². The Labute approximate surface area is 198 Å². The van der Waals surface area contributed by atoms with Crippen LogP contribution in [0.25, 0.3) is 0 Å². The maximum absolute atomic E-state index is 15.5. The third-order valence-corrected chi connectivity index (χ3v) is 11.8. The van der Waals surface area contributed by atoms with E-state index in [2.05, 4.69) is 45.0 Å². The molecular weight excluding hydrogens is 433 g/mol. The lowest BCUT2D eigenvalue weighted by atomic mass is 9.88. The van der Waals surface area contributed by atoms with E-state index in [1.165, 1.54) is 15.3 Å². The lowest BCUT2D eigenvalue weighted by Gasteiger charge is -2.48. The maximum Gasteiger partial charge on any atom is 0.408 e. The molecule has 0 unspecified atom stereocenters. The molecule has 1 N–H and O–H groups in total. The second kappa shape index (κ2) is 9.59. The lowest BCUT2D eigenvalue weighted by Crippen LogP contribution is -2.68. The van der Waals surface area contributed by atoms with Crippen molar-refractivity contribution >= 4 is 24.8 Å². The Balaban J connectivity index is 1.97. The molecular formula is C27H38FNO3Si. The van der Waals surface area contributed by atoms with E-state index in [1.807, 2.05) is 57.2 Å². The first-order valence-corrected chi connectivity index (χ1v) is 13.7. The molecule has 0 heterocycles. The van der Waals surface area contributed by atoms with Crippen LogP contribution in [0.4, 0.5) is 9.18 Å². The highest BCUT2D eigenvalue weighted by Gasteiger charge is 2.52. The quantitative estimate of drug-likeness (QED) is 0.578. The number of rotatable bonds is 5. The molecule has 0 aromatic heterocycles. The molecule has 2 aromatic rings. The summed E-state index contributed by atoms with van der Waals surface area (Å²) < 4.78 is 22.6. The molecule has 2 aromatic carbocycles. The maximum atomic E-state index is 15.5. The van der Waals surface area contributed by atoms with Gasteiger partial charge in [0, 0.05) is 18.1 Å². The molecule has 4 nitrogen and oxygen atoms in total. The summed E-state index contributed by atoms with van der Waals surface area (Å²) in [6.45, 7) is 12.1. The molecule has 1 aliphatic carbocycles. The highest BCUT2D eigenvalue weighted by molar-refractivity contribution is 6.99. The van der Waals surface area contributed by atoms with Crippen molar-refractivity contribution in [3.63, 3.8) is 0 Å². The van der Waals surface area contributed by atoms with E-state index >= 15 is 4.39 Å². The Kier molecular flexibility index (Phi) is 7.39. The van der Waals surface area contributed by atoms with Crippen LogP contribution in [0.3, 0.4) is 0 Å². The van der Waals surface area contributed by atoms with Gasteiger partial charge in [-0.15, -0.1) is 0 Å². The summed E-state index contributed by atoms with van der Waals surface area (Å²) >= 11 is 0. The fraction of sp³-hybridized carbons (Fsp3) is 0.519. The summed E-state index contributed by atoms with van der Waals surface area (Å²) in [6.07, 6.45) is -1.31. The zero-order valence-corrected chi connectivity index (χ0v) is 21.7. The molecule has 1 aliphatic rings. The standard InChI is InChI=1S/C27H38FNO3Si/c1-26(2,3)29(25(30)31)24-18-17-20(19-23(24)28)32-33(27(4,5)6,21-13-9-7-10-14-21)22-15-11-8-12-16-22/h7-16,20,23-24H,17-19H2,1-6H3,(H,30,31)/t20-,23-,24+/m1/s1. The van der Waals surface area contributed by atoms with Crippen LogP contribution in [-0.2, 0) is 4.43 Å². The third kappa shape index (κ3) is 5.17. The first kappa shape index (κ1) is 25.4. The van der Waals surface area contributed by atoms with Gasteiger partial charge in [-0.05, 0) is 49.0 Å². The third-order valence-electron chi connectivity index (χ3n) is 6.71. The van der Waals surface area contributed by atoms with Gasteiger partial charge >= 0.3 is 6.09 Å². The molecule has 0 radical (unpaired) electrons. The van der Waals surface area contributed by atoms with E-state index in [0.29, 0.717) is 12.8 Å². The van der Waals surface area contributed by atoms with E-state index in [9.17, 15) is 9.90 Å². The van der Waals surface area contributed by atoms with Gasteiger partial charge in [-0.25, -0.2) is 9.18 Å². The van der Waals surface area contributed by atoms with Crippen LogP contribution < -0.4 is 10.4 Å². The highest BCUT2D eigenvalue weighted by atomic mass is 28.4. The molecule has 0 bridgehead atoms. The Morgan fingerprint density at radius 1 is 0.939 bits per heavy atom. The minimum absolute atomic E-state index is 0.184. The zero-order valence-electron chi connectivity index (χ0n) is 20.7. The highest BCUT2D eigenvalue weighted by Crippen LogP contribution is 2.40. The average molecular weight is 472 g/mol. The van der Waals surface area contributed by atoms with Crippen molar-refractivity contribution in [1.29, 1.82) is 0 Å².